The van der Waals surface area contributed by atoms with Crippen molar-refractivity contribution in [3.63, 3.8) is 0 Å². The third kappa shape index (κ3) is 8.87. The van der Waals surface area contributed by atoms with Gasteiger partial charge in [-0.1, -0.05) is 38.0 Å². The first-order chi connectivity index (χ1) is 25.4. The van der Waals surface area contributed by atoms with E-state index in [1.165, 1.54) is 46.0 Å². The van der Waals surface area contributed by atoms with E-state index in [1.54, 1.807) is 19.1 Å². The van der Waals surface area contributed by atoms with E-state index in [9.17, 15) is 38.0 Å². The Morgan fingerprint density at radius 1 is 1.02 bits per heavy atom. The second kappa shape index (κ2) is 17.3. The van der Waals surface area contributed by atoms with Gasteiger partial charge >= 0.3 is 5.97 Å². The highest BCUT2D eigenvalue weighted by Gasteiger charge is 2.53. The number of hydrogen-bond acceptors (Lipinski definition) is 8. The first-order valence-electron chi connectivity index (χ1n) is 18.7. The van der Waals surface area contributed by atoms with Crippen molar-refractivity contribution in [3.05, 3.63) is 47.8 Å². The zero-order valence-corrected chi connectivity index (χ0v) is 30.7. The minimum atomic E-state index is -1.48. The molecule has 1 aromatic rings. The number of nitrogens with zero attached hydrogens (tertiary/aromatic N) is 3. The third-order valence-electron chi connectivity index (χ3n) is 10.9. The minimum Gasteiger partial charge on any atom is -0.461 e. The molecule has 0 bridgehead atoms. The van der Waals surface area contributed by atoms with Crippen LogP contribution in [0.15, 0.2) is 36.4 Å². The molecule has 15 heteroatoms. The van der Waals surface area contributed by atoms with Gasteiger partial charge in [0.1, 0.15) is 48.2 Å². The Labute approximate surface area is 309 Å². The number of likely N-dealkylation sites (N-methyl/N-ethyl adjacent to an activating group) is 1. The molecule has 0 unspecified atom stereocenters. The van der Waals surface area contributed by atoms with Crippen molar-refractivity contribution >= 4 is 41.4 Å². The molecule has 288 valence electrons. The van der Waals surface area contributed by atoms with E-state index < -0.39 is 89.6 Å². The lowest BCUT2D eigenvalue weighted by atomic mass is 9.74. The summed E-state index contributed by atoms with van der Waals surface area (Å²) in [5, 5.41) is 8.10. The number of fused-ring (bicyclic) bond motifs is 2. The van der Waals surface area contributed by atoms with Crippen LogP contribution in [0.25, 0.3) is 0 Å². The van der Waals surface area contributed by atoms with Gasteiger partial charge < -0.3 is 35.4 Å². The van der Waals surface area contributed by atoms with Crippen LogP contribution >= 0.6 is 0 Å². The van der Waals surface area contributed by atoms with Crippen LogP contribution in [0.3, 0.4) is 0 Å². The van der Waals surface area contributed by atoms with E-state index in [0.717, 1.165) is 12.8 Å². The maximum Gasteiger partial charge on any atom is 0.328 e. The predicted octanol–water partition coefficient (Wildman–Crippen LogP) is 1.51. The molecule has 3 saturated heterocycles. The molecule has 1 saturated carbocycles. The van der Waals surface area contributed by atoms with Crippen molar-refractivity contribution in [1.29, 1.82) is 0 Å². The highest BCUT2D eigenvalue weighted by molar-refractivity contribution is 5.99. The van der Waals surface area contributed by atoms with Crippen LogP contribution in [0.5, 0.6) is 0 Å². The fraction of sp³-hybridized carbons (Fsp3) is 0.605. The van der Waals surface area contributed by atoms with Gasteiger partial charge in [0.2, 0.25) is 35.4 Å². The van der Waals surface area contributed by atoms with Gasteiger partial charge in [0.15, 0.2) is 0 Å². The molecule has 5 atom stereocenters. The average molecular weight is 739 g/mol. The second-order valence-corrected chi connectivity index (χ2v) is 14.5. The second-order valence-electron chi connectivity index (χ2n) is 14.5. The summed E-state index contributed by atoms with van der Waals surface area (Å²) in [5.41, 5.74) is -0.789. The fourth-order valence-electron chi connectivity index (χ4n) is 7.62. The first-order valence-corrected chi connectivity index (χ1v) is 18.7. The van der Waals surface area contributed by atoms with E-state index in [0.29, 0.717) is 56.9 Å². The van der Waals surface area contributed by atoms with Crippen molar-refractivity contribution < 1.29 is 42.7 Å². The molecule has 14 nitrogen and oxygen atoms in total. The molecule has 1 aliphatic carbocycles. The summed E-state index contributed by atoms with van der Waals surface area (Å²) in [7, 11) is 1.53. The smallest absolute Gasteiger partial charge is 0.328 e. The van der Waals surface area contributed by atoms with Crippen LogP contribution in [-0.2, 0) is 44.7 Å². The van der Waals surface area contributed by atoms with Crippen molar-refractivity contribution in [1.82, 2.24) is 30.7 Å². The standard InChI is InChI=1S/C38H51FN6O8/c1-4-5-6-7-16-31(46)41-27(22-25-12-8-13-26(39)21-25)32(47)42-28-23-53-36(51)30-15-10-20-45(30)33(48)24(2)40-37(52)38(17-11-18-38)43(3)35(50)29-14-9-19-44(29)34(28)49/h7-8,12-13,16,21,24,27-30H,4-6,9-11,14-15,17-20,22-23H2,1-3H3,(H,40,52)(H,41,46)(H,42,47)/b16-7+/t24-,27-,28-,29-,30-/m0/s1. The van der Waals surface area contributed by atoms with Crippen molar-refractivity contribution in [2.75, 3.05) is 26.7 Å². The number of carbonyl (C=O) groups is 7. The number of benzene rings is 1. The number of esters is 1. The van der Waals surface area contributed by atoms with Gasteiger partial charge in [-0.25, -0.2) is 9.18 Å². The molecule has 1 aromatic carbocycles. The Morgan fingerprint density at radius 3 is 2.38 bits per heavy atom. The Morgan fingerprint density at radius 2 is 1.72 bits per heavy atom. The Bertz CT molecular complexity index is 1610. The summed E-state index contributed by atoms with van der Waals surface area (Å²) in [6, 6.07) is -0.0610. The van der Waals surface area contributed by atoms with Gasteiger partial charge in [-0.2, -0.15) is 0 Å². The first kappa shape index (κ1) is 39.4. The van der Waals surface area contributed by atoms with E-state index in [2.05, 4.69) is 16.0 Å². The molecule has 3 heterocycles. The van der Waals surface area contributed by atoms with Crippen molar-refractivity contribution in [3.8, 4) is 0 Å². The van der Waals surface area contributed by atoms with Crippen LogP contribution in [0.4, 0.5) is 4.39 Å². The predicted molar refractivity (Wildman–Crippen MR) is 190 cm³/mol. The Kier molecular flexibility index (Phi) is 12.9. The van der Waals surface area contributed by atoms with Gasteiger partial charge in [-0.3, -0.25) is 28.8 Å². The number of nitrogens with one attached hydrogen (secondary N) is 3. The third-order valence-corrected chi connectivity index (χ3v) is 10.9. The molecular formula is C38H51FN6O8. The zero-order valence-electron chi connectivity index (χ0n) is 30.7. The van der Waals surface area contributed by atoms with Crippen LogP contribution in [0, 0.1) is 5.82 Å². The van der Waals surface area contributed by atoms with Crippen LogP contribution < -0.4 is 16.0 Å². The number of hydrogen-bond donors (Lipinski definition) is 3. The van der Waals surface area contributed by atoms with Gasteiger partial charge in [-0.05, 0) is 82.1 Å². The van der Waals surface area contributed by atoms with E-state index in [4.69, 9.17) is 4.74 Å². The number of rotatable bonds is 9. The lowest BCUT2D eigenvalue weighted by Crippen LogP contribution is -2.67. The molecular weight excluding hydrogens is 687 g/mol. The van der Waals surface area contributed by atoms with Crippen LogP contribution in [0.1, 0.15) is 83.6 Å². The molecule has 4 fully saturated rings. The normalized spacial score (nSPS) is 25.8. The molecule has 0 aromatic heterocycles. The molecule has 3 aliphatic heterocycles. The fourth-order valence-corrected chi connectivity index (χ4v) is 7.62. The maximum absolute atomic E-state index is 14.4. The number of unbranched alkanes of at least 4 members (excludes halogenated alkanes) is 2. The summed E-state index contributed by atoms with van der Waals surface area (Å²) >= 11 is 0. The number of ether oxygens (including phenoxy) is 1. The largest absolute Gasteiger partial charge is 0.461 e. The van der Waals surface area contributed by atoms with Gasteiger partial charge in [0, 0.05) is 26.6 Å². The minimum absolute atomic E-state index is 0.115. The summed E-state index contributed by atoms with van der Waals surface area (Å²) in [6.45, 7) is 3.39. The van der Waals surface area contributed by atoms with E-state index in [1.807, 2.05) is 6.92 Å². The molecule has 0 radical (unpaired) electrons. The Balaban J connectivity index is 1.45. The van der Waals surface area contributed by atoms with Gasteiger partial charge in [-0.15, -0.1) is 0 Å². The summed E-state index contributed by atoms with van der Waals surface area (Å²) < 4.78 is 19.8. The highest BCUT2D eigenvalue weighted by Crippen LogP contribution is 2.39. The number of carbonyl (C=O) groups excluding carboxylic acids is 7. The number of allylic oxidation sites excluding steroid dienone is 1. The topological polar surface area (TPSA) is 175 Å². The molecule has 4 aliphatic rings. The van der Waals surface area contributed by atoms with Crippen molar-refractivity contribution in [2.24, 2.45) is 0 Å². The lowest BCUT2D eigenvalue weighted by molar-refractivity contribution is -0.161. The van der Waals surface area contributed by atoms with E-state index in [-0.39, 0.29) is 19.5 Å². The van der Waals surface area contributed by atoms with E-state index >= 15 is 0 Å². The molecule has 53 heavy (non-hydrogen) atoms. The maximum atomic E-state index is 14.4. The Hall–Kier alpha value is -4.82. The zero-order chi connectivity index (χ0) is 38.3. The summed E-state index contributed by atoms with van der Waals surface area (Å²) in [6.07, 6.45) is 8.41. The lowest BCUT2D eigenvalue weighted by Gasteiger charge is -2.48. The van der Waals surface area contributed by atoms with Crippen molar-refractivity contribution in [2.45, 2.75) is 120 Å². The van der Waals surface area contributed by atoms with Gasteiger partial charge in [0.05, 0.1) is 0 Å². The quantitative estimate of drug-likeness (QED) is 0.194. The number of halogens is 1. The van der Waals surface area contributed by atoms with Crippen LogP contribution in [-0.4, -0.2) is 119 Å². The molecule has 1 spiro atoms. The van der Waals surface area contributed by atoms with Gasteiger partial charge in [0.25, 0.3) is 0 Å². The van der Waals surface area contributed by atoms with Crippen LogP contribution in [0.2, 0.25) is 0 Å². The number of amides is 6. The number of cyclic esters (lactones) is 1. The SMILES string of the molecule is CCCC/C=C/C(=O)N[C@@H](Cc1cccc(F)c1)C(=O)N[C@H]1COC(=O)[C@@H]2CCCN2C(=O)[C@H](C)NC(=O)C2(CCC2)N(C)C(=O)[C@@H]2CCCN2C1=O. The monoisotopic (exact) mass is 738 g/mol. The summed E-state index contributed by atoms with van der Waals surface area (Å²) in [5.74, 6) is -4.74. The summed E-state index contributed by atoms with van der Waals surface area (Å²) in [4.78, 5) is 100. The highest BCUT2D eigenvalue weighted by atomic mass is 19.1. The molecule has 3 N–H and O–H groups in total. The average Bonchev–Trinajstić information content (AvgIpc) is 3.80. The molecule has 5 rings (SSSR count). The molecule has 6 amide bonds.